The zero-order valence-corrected chi connectivity index (χ0v) is 12.5. The van der Waals surface area contributed by atoms with E-state index >= 15 is 0 Å². The maximum atomic E-state index is 11.0. The highest BCUT2D eigenvalue weighted by atomic mass is 35.5. The smallest absolute Gasteiger partial charge is 0.309 e. The average Bonchev–Trinajstić information content (AvgIpc) is 2.28. The number of halogens is 1. The van der Waals surface area contributed by atoms with Gasteiger partial charge in [-0.15, -0.1) is 0 Å². The minimum atomic E-state index is -0.753. The van der Waals surface area contributed by atoms with Crippen LogP contribution < -0.4 is 5.32 Å². The number of hydrogen-bond acceptors (Lipinski definition) is 2. The van der Waals surface area contributed by atoms with Gasteiger partial charge in [0.15, 0.2) is 0 Å². The Kier molecular flexibility index (Phi) is 5.83. The molecule has 2 N–H and O–H groups in total. The number of hydrogen-bond donors (Lipinski definition) is 2. The van der Waals surface area contributed by atoms with Gasteiger partial charge in [-0.25, -0.2) is 0 Å². The van der Waals surface area contributed by atoms with Crippen molar-refractivity contribution in [3.05, 3.63) is 34.9 Å². The van der Waals surface area contributed by atoms with E-state index < -0.39 is 11.4 Å². The van der Waals surface area contributed by atoms with E-state index in [1.165, 1.54) is 5.56 Å². The lowest BCUT2D eigenvalue weighted by Gasteiger charge is -2.21. The molecule has 0 spiro atoms. The molecule has 0 amide bonds. The number of carbonyl (C=O) groups is 1. The molecule has 1 rings (SSSR count). The molecule has 106 valence electrons. The second-order valence-corrected chi connectivity index (χ2v) is 6.06. The molecule has 1 unspecified atom stereocenters. The normalized spacial score (nSPS) is 13.3. The minimum absolute atomic E-state index is 0.295. The van der Waals surface area contributed by atoms with Crippen LogP contribution in [0.4, 0.5) is 0 Å². The summed E-state index contributed by atoms with van der Waals surface area (Å²) in [6.45, 7) is 6.28. The molecular weight excluding hydrogens is 262 g/mol. The molecule has 1 atom stereocenters. The molecule has 0 aliphatic heterocycles. The van der Waals surface area contributed by atoms with E-state index in [0.717, 1.165) is 11.4 Å². The van der Waals surface area contributed by atoms with Crippen LogP contribution in [-0.4, -0.2) is 23.7 Å². The largest absolute Gasteiger partial charge is 0.481 e. The highest BCUT2D eigenvalue weighted by Gasteiger charge is 2.26. The standard InChI is InChI=1S/C15H22ClNO2/c1-11(9-12-5-4-6-13(16)10-12)17-8-7-15(2,3)14(18)19/h4-6,10-11,17H,7-9H2,1-3H3,(H,18,19). The molecule has 0 aliphatic carbocycles. The van der Waals surface area contributed by atoms with Crippen molar-refractivity contribution in [3.8, 4) is 0 Å². The second-order valence-electron chi connectivity index (χ2n) is 5.63. The van der Waals surface area contributed by atoms with Gasteiger partial charge in [0, 0.05) is 11.1 Å². The van der Waals surface area contributed by atoms with E-state index in [1.807, 2.05) is 24.3 Å². The van der Waals surface area contributed by atoms with Crippen LogP contribution in [0.15, 0.2) is 24.3 Å². The maximum absolute atomic E-state index is 11.0. The van der Waals surface area contributed by atoms with E-state index in [-0.39, 0.29) is 0 Å². The minimum Gasteiger partial charge on any atom is -0.481 e. The number of benzene rings is 1. The summed E-state index contributed by atoms with van der Waals surface area (Å²) < 4.78 is 0. The zero-order chi connectivity index (χ0) is 14.5. The van der Waals surface area contributed by atoms with Crippen LogP contribution >= 0.6 is 11.6 Å². The number of rotatable bonds is 7. The van der Waals surface area contributed by atoms with Crippen LogP contribution in [0.5, 0.6) is 0 Å². The van der Waals surface area contributed by atoms with E-state index in [9.17, 15) is 4.79 Å². The van der Waals surface area contributed by atoms with E-state index in [0.29, 0.717) is 19.0 Å². The average molecular weight is 284 g/mol. The summed E-state index contributed by atoms with van der Waals surface area (Å²) in [6, 6.07) is 8.10. The third-order valence-corrected chi connectivity index (χ3v) is 3.49. The van der Waals surface area contributed by atoms with E-state index in [1.54, 1.807) is 13.8 Å². The Morgan fingerprint density at radius 3 is 2.74 bits per heavy atom. The number of carboxylic acids is 1. The summed E-state index contributed by atoms with van der Waals surface area (Å²) in [6.07, 6.45) is 1.50. The molecule has 0 bridgehead atoms. The first-order chi connectivity index (χ1) is 8.81. The van der Waals surface area contributed by atoms with Crippen molar-refractivity contribution in [2.45, 2.75) is 39.7 Å². The van der Waals surface area contributed by atoms with Crippen LogP contribution in [0.2, 0.25) is 5.02 Å². The molecule has 0 fully saturated rings. The van der Waals surface area contributed by atoms with Crippen molar-refractivity contribution in [1.82, 2.24) is 5.32 Å². The van der Waals surface area contributed by atoms with Crippen molar-refractivity contribution in [2.75, 3.05) is 6.54 Å². The summed E-state index contributed by atoms with van der Waals surface area (Å²) in [4.78, 5) is 11.0. The number of aliphatic carboxylic acids is 1. The fourth-order valence-electron chi connectivity index (χ4n) is 1.83. The molecule has 0 saturated carbocycles. The Bertz CT molecular complexity index is 432. The second kappa shape index (κ2) is 6.92. The Balaban J connectivity index is 2.36. The van der Waals surface area contributed by atoms with Crippen LogP contribution in [0.3, 0.4) is 0 Å². The molecule has 0 aromatic heterocycles. The predicted molar refractivity (Wildman–Crippen MR) is 78.7 cm³/mol. The quantitative estimate of drug-likeness (QED) is 0.807. The molecule has 1 aromatic carbocycles. The van der Waals surface area contributed by atoms with Gasteiger partial charge in [-0.3, -0.25) is 4.79 Å². The van der Waals surface area contributed by atoms with Crippen LogP contribution in [0.25, 0.3) is 0 Å². The van der Waals surface area contributed by atoms with Gasteiger partial charge in [-0.1, -0.05) is 23.7 Å². The predicted octanol–water partition coefficient (Wildman–Crippen LogP) is 3.36. The number of carboxylic acid groups (broad SMARTS) is 1. The van der Waals surface area contributed by atoms with Gasteiger partial charge in [-0.2, -0.15) is 0 Å². The lowest BCUT2D eigenvalue weighted by atomic mass is 9.89. The molecule has 0 heterocycles. The topological polar surface area (TPSA) is 49.3 Å². The van der Waals surface area contributed by atoms with Crippen LogP contribution in [0, 0.1) is 5.41 Å². The molecule has 0 aliphatic rings. The fraction of sp³-hybridized carbons (Fsp3) is 0.533. The van der Waals surface area contributed by atoms with Crippen molar-refractivity contribution in [2.24, 2.45) is 5.41 Å². The van der Waals surface area contributed by atoms with Crippen LogP contribution in [-0.2, 0) is 11.2 Å². The van der Waals surface area contributed by atoms with Gasteiger partial charge in [0.05, 0.1) is 5.41 Å². The summed E-state index contributed by atoms with van der Waals surface area (Å²) in [5.74, 6) is -0.753. The first-order valence-electron chi connectivity index (χ1n) is 6.52. The van der Waals surface area contributed by atoms with Gasteiger partial charge in [0.2, 0.25) is 0 Å². The maximum Gasteiger partial charge on any atom is 0.309 e. The Hall–Kier alpha value is -1.06. The lowest BCUT2D eigenvalue weighted by Crippen LogP contribution is -2.34. The van der Waals surface area contributed by atoms with Crippen molar-refractivity contribution < 1.29 is 9.90 Å². The van der Waals surface area contributed by atoms with Gasteiger partial charge in [0.25, 0.3) is 0 Å². The van der Waals surface area contributed by atoms with Gasteiger partial charge in [0.1, 0.15) is 0 Å². The molecule has 1 aromatic rings. The van der Waals surface area contributed by atoms with Crippen molar-refractivity contribution in [1.29, 1.82) is 0 Å². The third kappa shape index (κ3) is 5.62. The molecule has 4 heteroatoms. The summed E-state index contributed by atoms with van der Waals surface area (Å²) in [5.41, 5.74) is 0.507. The molecular formula is C15H22ClNO2. The fourth-order valence-corrected chi connectivity index (χ4v) is 2.04. The first kappa shape index (κ1) is 16.0. The highest BCUT2D eigenvalue weighted by Crippen LogP contribution is 2.19. The molecule has 19 heavy (non-hydrogen) atoms. The summed E-state index contributed by atoms with van der Waals surface area (Å²) >= 11 is 5.94. The van der Waals surface area contributed by atoms with Crippen LogP contribution in [0.1, 0.15) is 32.8 Å². The Morgan fingerprint density at radius 1 is 1.47 bits per heavy atom. The molecule has 0 radical (unpaired) electrons. The lowest BCUT2D eigenvalue weighted by molar-refractivity contribution is -0.147. The SMILES string of the molecule is CC(Cc1cccc(Cl)c1)NCCC(C)(C)C(=O)O. The van der Waals surface area contributed by atoms with E-state index in [2.05, 4.69) is 12.2 Å². The molecule has 3 nitrogen and oxygen atoms in total. The zero-order valence-electron chi connectivity index (χ0n) is 11.7. The van der Waals surface area contributed by atoms with Crippen molar-refractivity contribution >= 4 is 17.6 Å². The highest BCUT2D eigenvalue weighted by molar-refractivity contribution is 6.30. The monoisotopic (exact) mass is 283 g/mol. The Morgan fingerprint density at radius 2 is 2.16 bits per heavy atom. The summed E-state index contributed by atoms with van der Waals surface area (Å²) in [5, 5.41) is 13.1. The Labute approximate surface area is 120 Å². The third-order valence-electron chi connectivity index (χ3n) is 3.25. The summed E-state index contributed by atoms with van der Waals surface area (Å²) in [7, 11) is 0. The van der Waals surface area contributed by atoms with Gasteiger partial charge < -0.3 is 10.4 Å². The first-order valence-corrected chi connectivity index (χ1v) is 6.90. The number of nitrogens with one attached hydrogen (secondary N) is 1. The van der Waals surface area contributed by atoms with Gasteiger partial charge in [-0.05, 0) is 57.9 Å². The van der Waals surface area contributed by atoms with E-state index in [4.69, 9.17) is 16.7 Å². The van der Waals surface area contributed by atoms with Gasteiger partial charge >= 0.3 is 5.97 Å². The van der Waals surface area contributed by atoms with Crippen molar-refractivity contribution in [3.63, 3.8) is 0 Å². The molecule has 0 saturated heterocycles.